The molecule has 5 nitrogen and oxygen atoms in total. The lowest BCUT2D eigenvalue weighted by molar-refractivity contribution is -0.143. The summed E-state index contributed by atoms with van der Waals surface area (Å²) in [4.78, 5) is 13.3. The summed E-state index contributed by atoms with van der Waals surface area (Å²) in [5.41, 5.74) is 6.70. The Balaban J connectivity index is 1.74. The van der Waals surface area contributed by atoms with Crippen molar-refractivity contribution in [3.05, 3.63) is 29.8 Å². The van der Waals surface area contributed by atoms with E-state index >= 15 is 0 Å². The Morgan fingerprint density at radius 2 is 2.11 bits per heavy atom. The second-order valence-corrected chi connectivity index (χ2v) is 4.46. The number of rotatable bonds is 6. The molecule has 1 aliphatic rings. The third-order valence-corrected chi connectivity index (χ3v) is 3.07. The van der Waals surface area contributed by atoms with E-state index in [2.05, 4.69) is 0 Å². The number of hydrogen-bond donors (Lipinski definition) is 1. The molecule has 0 spiro atoms. The minimum Gasteiger partial charge on any atom is -0.492 e. The molecule has 1 aromatic rings. The van der Waals surface area contributed by atoms with Gasteiger partial charge in [-0.2, -0.15) is 0 Å². The van der Waals surface area contributed by atoms with Crippen molar-refractivity contribution in [2.24, 2.45) is 5.73 Å². The lowest BCUT2D eigenvalue weighted by atomic mass is 10.1. The van der Waals surface area contributed by atoms with Crippen LogP contribution >= 0.6 is 0 Å². The van der Waals surface area contributed by atoms with Gasteiger partial charge in [0.1, 0.15) is 19.0 Å². The molecule has 0 aromatic heterocycles. The van der Waals surface area contributed by atoms with Crippen molar-refractivity contribution in [3.63, 3.8) is 0 Å². The van der Waals surface area contributed by atoms with E-state index in [0.717, 1.165) is 12.2 Å². The Morgan fingerprint density at radius 3 is 2.79 bits per heavy atom. The van der Waals surface area contributed by atoms with Crippen LogP contribution in [0.5, 0.6) is 5.75 Å². The van der Waals surface area contributed by atoms with Crippen molar-refractivity contribution < 1.29 is 14.3 Å². The quantitative estimate of drug-likeness (QED) is 0.809. The van der Waals surface area contributed by atoms with Crippen LogP contribution in [-0.4, -0.2) is 50.3 Å². The van der Waals surface area contributed by atoms with Crippen molar-refractivity contribution in [1.82, 2.24) is 4.90 Å². The predicted molar refractivity (Wildman–Crippen MR) is 72.1 cm³/mol. The van der Waals surface area contributed by atoms with Gasteiger partial charge in [-0.1, -0.05) is 12.1 Å². The SMILES string of the molecule is NCCc1ccc(OCCN2CCOCC2=O)cc1. The van der Waals surface area contributed by atoms with Gasteiger partial charge < -0.3 is 20.1 Å². The number of hydrogen-bond acceptors (Lipinski definition) is 4. The molecule has 0 atom stereocenters. The van der Waals surface area contributed by atoms with E-state index in [1.807, 2.05) is 24.3 Å². The van der Waals surface area contributed by atoms with Crippen molar-refractivity contribution in [1.29, 1.82) is 0 Å². The van der Waals surface area contributed by atoms with Crippen molar-refractivity contribution >= 4 is 5.91 Å². The maximum absolute atomic E-state index is 11.5. The van der Waals surface area contributed by atoms with Gasteiger partial charge in [0.25, 0.3) is 0 Å². The number of amides is 1. The summed E-state index contributed by atoms with van der Waals surface area (Å²) in [5.74, 6) is 0.856. The highest BCUT2D eigenvalue weighted by molar-refractivity contribution is 5.77. The minimum atomic E-state index is 0.0353. The van der Waals surface area contributed by atoms with Gasteiger partial charge in [-0.3, -0.25) is 4.79 Å². The van der Waals surface area contributed by atoms with Crippen molar-refractivity contribution in [2.45, 2.75) is 6.42 Å². The van der Waals surface area contributed by atoms with E-state index in [-0.39, 0.29) is 12.5 Å². The molecule has 1 saturated heterocycles. The summed E-state index contributed by atoms with van der Waals surface area (Å²) in [6.07, 6.45) is 0.878. The number of carbonyl (C=O) groups is 1. The fourth-order valence-corrected chi connectivity index (χ4v) is 1.98. The molecule has 1 aliphatic heterocycles. The topological polar surface area (TPSA) is 64.8 Å². The largest absolute Gasteiger partial charge is 0.492 e. The molecule has 2 rings (SSSR count). The van der Waals surface area contributed by atoms with Crippen LogP contribution in [-0.2, 0) is 16.0 Å². The summed E-state index contributed by atoms with van der Waals surface area (Å²) < 4.78 is 10.7. The molecule has 1 amide bonds. The van der Waals surface area contributed by atoms with Gasteiger partial charge in [-0.05, 0) is 30.7 Å². The van der Waals surface area contributed by atoms with Gasteiger partial charge in [0.15, 0.2) is 0 Å². The number of carbonyl (C=O) groups excluding carboxylic acids is 1. The summed E-state index contributed by atoms with van der Waals surface area (Å²) >= 11 is 0. The molecule has 1 aromatic carbocycles. The van der Waals surface area contributed by atoms with Crippen LogP contribution < -0.4 is 10.5 Å². The summed E-state index contributed by atoms with van der Waals surface area (Å²) in [5, 5.41) is 0. The summed E-state index contributed by atoms with van der Waals surface area (Å²) in [6.45, 7) is 3.21. The monoisotopic (exact) mass is 264 g/mol. The predicted octanol–water partition coefficient (Wildman–Crippen LogP) is 0.425. The van der Waals surface area contributed by atoms with E-state index in [0.29, 0.717) is 32.8 Å². The standard InChI is InChI=1S/C14H20N2O3/c15-6-5-12-1-3-13(4-2-12)19-10-8-16-7-9-18-11-14(16)17/h1-4H,5-11,15H2. The smallest absolute Gasteiger partial charge is 0.248 e. The average Bonchev–Trinajstić information content (AvgIpc) is 2.43. The van der Waals surface area contributed by atoms with Crippen LogP contribution in [0.15, 0.2) is 24.3 Å². The van der Waals surface area contributed by atoms with E-state index in [4.69, 9.17) is 15.2 Å². The highest BCUT2D eigenvalue weighted by Crippen LogP contribution is 2.12. The number of ether oxygens (including phenoxy) is 2. The zero-order chi connectivity index (χ0) is 13.5. The molecule has 19 heavy (non-hydrogen) atoms. The second-order valence-electron chi connectivity index (χ2n) is 4.46. The van der Waals surface area contributed by atoms with E-state index < -0.39 is 0 Å². The van der Waals surface area contributed by atoms with Crippen LogP contribution in [0.4, 0.5) is 0 Å². The maximum Gasteiger partial charge on any atom is 0.248 e. The number of nitrogens with zero attached hydrogens (tertiary/aromatic N) is 1. The van der Waals surface area contributed by atoms with E-state index in [9.17, 15) is 4.79 Å². The average molecular weight is 264 g/mol. The van der Waals surface area contributed by atoms with Crippen LogP contribution in [0.2, 0.25) is 0 Å². The van der Waals surface area contributed by atoms with Gasteiger partial charge in [-0.15, -0.1) is 0 Å². The molecule has 0 radical (unpaired) electrons. The Bertz CT molecular complexity index is 406. The number of nitrogens with two attached hydrogens (primary N) is 1. The Hall–Kier alpha value is -1.59. The lowest BCUT2D eigenvalue weighted by Crippen LogP contribution is -2.43. The van der Waals surface area contributed by atoms with Gasteiger partial charge in [0.05, 0.1) is 13.2 Å². The minimum absolute atomic E-state index is 0.0353. The molecule has 0 unspecified atom stereocenters. The molecule has 0 saturated carbocycles. The van der Waals surface area contributed by atoms with Gasteiger partial charge in [0.2, 0.25) is 5.91 Å². The first-order valence-corrected chi connectivity index (χ1v) is 6.57. The Kier molecular flexibility index (Phi) is 5.18. The normalized spacial score (nSPS) is 15.6. The number of benzene rings is 1. The lowest BCUT2D eigenvalue weighted by Gasteiger charge is -2.26. The first-order chi connectivity index (χ1) is 9.29. The van der Waals surface area contributed by atoms with Crippen molar-refractivity contribution in [2.75, 3.05) is 39.5 Å². The van der Waals surface area contributed by atoms with Crippen LogP contribution in [0.25, 0.3) is 0 Å². The van der Waals surface area contributed by atoms with Gasteiger partial charge in [-0.25, -0.2) is 0 Å². The summed E-state index contributed by atoms with van der Waals surface area (Å²) in [7, 11) is 0. The fourth-order valence-electron chi connectivity index (χ4n) is 1.98. The second kappa shape index (κ2) is 7.11. The third-order valence-electron chi connectivity index (χ3n) is 3.07. The van der Waals surface area contributed by atoms with E-state index in [1.165, 1.54) is 5.56 Å². The van der Waals surface area contributed by atoms with Crippen LogP contribution in [0.1, 0.15) is 5.56 Å². The first-order valence-electron chi connectivity index (χ1n) is 6.57. The molecule has 1 fully saturated rings. The maximum atomic E-state index is 11.5. The molecule has 0 bridgehead atoms. The van der Waals surface area contributed by atoms with Crippen molar-refractivity contribution in [3.8, 4) is 5.75 Å². The first kappa shape index (κ1) is 13.8. The molecule has 1 heterocycles. The third kappa shape index (κ3) is 4.22. The van der Waals surface area contributed by atoms with Crippen LogP contribution in [0.3, 0.4) is 0 Å². The molecule has 5 heteroatoms. The zero-order valence-corrected chi connectivity index (χ0v) is 11.0. The van der Waals surface area contributed by atoms with Gasteiger partial charge >= 0.3 is 0 Å². The molecular formula is C14H20N2O3. The fraction of sp³-hybridized carbons (Fsp3) is 0.500. The highest BCUT2D eigenvalue weighted by Gasteiger charge is 2.17. The highest BCUT2D eigenvalue weighted by atomic mass is 16.5. The van der Waals surface area contributed by atoms with Gasteiger partial charge in [0, 0.05) is 6.54 Å². The van der Waals surface area contributed by atoms with Crippen LogP contribution in [0, 0.1) is 0 Å². The summed E-state index contributed by atoms with van der Waals surface area (Å²) in [6, 6.07) is 7.91. The molecular weight excluding hydrogens is 244 g/mol. The molecule has 0 aliphatic carbocycles. The molecule has 2 N–H and O–H groups in total. The Labute approximate surface area is 113 Å². The zero-order valence-electron chi connectivity index (χ0n) is 11.0. The number of morpholine rings is 1. The Morgan fingerprint density at radius 1 is 1.32 bits per heavy atom. The van der Waals surface area contributed by atoms with E-state index in [1.54, 1.807) is 4.90 Å². The molecule has 104 valence electrons.